The van der Waals surface area contributed by atoms with Crippen molar-refractivity contribution in [2.24, 2.45) is 0 Å². The minimum atomic E-state index is 0.208. The highest BCUT2D eigenvalue weighted by molar-refractivity contribution is 5.73. The Morgan fingerprint density at radius 3 is 2.48 bits per heavy atom. The lowest BCUT2D eigenvalue weighted by Crippen LogP contribution is -2.49. The number of amides is 1. The van der Waals surface area contributed by atoms with Crippen LogP contribution in [-0.4, -0.2) is 60.0 Å². The topological polar surface area (TPSA) is 45.7 Å². The highest BCUT2D eigenvalue weighted by atomic mass is 16.5. The molecular weight excluding hydrogens is 362 g/mol. The molecule has 0 bridgehead atoms. The molecule has 2 aliphatic heterocycles. The normalized spacial score (nSPS) is 21.2. The van der Waals surface area contributed by atoms with E-state index in [4.69, 9.17) is 9.72 Å². The van der Waals surface area contributed by atoms with Gasteiger partial charge in [0, 0.05) is 49.8 Å². The quantitative estimate of drug-likeness (QED) is 0.789. The number of nitrogens with zero attached hydrogens (tertiary/aromatic N) is 3. The highest BCUT2D eigenvalue weighted by Gasteiger charge is 2.30. The fourth-order valence-corrected chi connectivity index (χ4v) is 4.73. The van der Waals surface area contributed by atoms with Crippen molar-refractivity contribution in [3.8, 4) is 17.0 Å². The monoisotopic (exact) mass is 393 g/mol. The number of hydrogen-bond acceptors (Lipinski definition) is 4. The summed E-state index contributed by atoms with van der Waals surface area (Å²) in [5, 5.41) is 0. The minimum Gasteiger partial charge on any atom is -0.497 e. The summed E-state index contributed by atoms with van der Waals surface area (Å²) in [6.07, 6.45) is 4.59. The number of likely N-dealkylation sites (tertiary alicyclic amines) is 2. The smallest absolute Gasteiger partial charge is 0.219 e. The van der Waals surface area contributed by atoms with Crippen molar-refractivity contribution in [2.45, 2.75) is 44.6 Å². The lowest BCUT2D eigenvalue weighted by Gasteiger charge is -2.42. The maximum Gasteiger partial charge on any atom is 0.219 e. The lowest BCUT2D eigenvalue weighted by molar-refractivity contribution is -0.130. The van der Waals surface area contributed by atoms with E-state index in [2.05, 4.69) is 35.2 Å². The minimum absolute atomic E-state index is 0.208. The zero-order chi connectivity index (χ0) is 20.2. The summed E-state index contributed by atoms with van der Waals surface area (Å²) in [5.74, 6) is 1.55. The van der Waals surface area contributed by atoms with E-state index in [9.17, 15) is 4.79 Å². The molecule has 1 aromatic heterocycles. The summed E-state index contributed by atoms with van der Waals surface area (Å²) in [6.45, 7) is 5.71. The molecule has 5 heteroatoms. The summed E-state index contributed by atoms with van der Waals surface area (Å²) in [7, 11) is 1.69. The first-order chi connectivity index (χ1) is 14.1. The Hall–Kier alpha value is -2.40. The molecule has 2 aromatic rings. The van der Waals surface area contributed by atoms with Crippen LogP contribution in [0.3, 0.4) is 0 Å². The molecule has 2 fully saturated rings. The van der Waals surface area contributed by atoms with Gasteiger partial charge in [0.25, 0.3) is 0 Å². The number of carbonyl (C=O) groups excluding carboxylic acids is 1. The van der Waals surface area contributed by atoms with E-state index >= 15 is 0 Å². The second kappa shape index (κ2) is 8.95. The molecule has 2 aliphatic rings. The molecule has 0 N–H and O–H groups in total. The first kappa shape index (κ1) is 19.9. The number of carbonyl (C=O) groups is 1. The molecule has 1 amide bonds. The maximum absolute atomic E-state index is 11.6. The first-order valence-electron chi connectivity index (χ1n) is 10.7. The van der Waals surface area contributed by atoms with E-state index in [1.807, 2.05) is 17.0 Å². The Morgan fingerprint density at radius 1 is 1.03 bits per heavy atom. The Morgan fingerprint density at radius 2 is 1.79 bits per heavy atom. The van der Waals surface area contributed by atoms with Crippen LogP contribution in [0.15, 0.2) is 42.5 Å². The number of pyridine rings is 1. The van der Waals surface area contributed by atoms with Gasteiger partial charge in [-0.3, -0.25) is 14.7 Å². The molecule has 0 radical (unpaired) electrons. The molecule has 1 aromatic carbocycles. The van der Waals surface area contributed by atoms with Crippen LogP contribution in [0.4, 0.5) is 0 Å². The van der Waals surface area contributed by atoms with E-state index in [0.717, 1.165) is 49.5 Å². The van der Waals surface area contributed by atoms with Crippen LogP contribution < -0.4 is 4.74 Å². The summed E-state index contributed by atoms with van der Waals surface area (Å²) < 4.78 is 5.27. The summed E-state index contributed by atoms with van der Waals surface area (Å²) in [4.78, 5) is 21.2. The number of methoxy groups -OCH3 is 1. The molecular formula is C24H31N3O2. The number of piperidine rings is 2. The predicted molar refractivity (Wildman–Crippen MR) is 115 cm³/mol. The fourth-order valence-electron chi connectivity index (χ4n) is 4.73. The average molecular weight is 394 g/mol. The van der Waals surface area contributed by atoms with E-state index in [-0.39, 0.29) is 5.91 Å². The van der Waals surface area contributed by atoms with Gasteiger partial charge in [0.2, 0.25) is 5.91 Å². The molecule has 29 heavy (non-hydrogen) atoms. The van der Waals surface area contributed by atoms with Gasteiger partial charge in [0.15, 0.2) is 0 Å². The third-order valence-corrected chi connectivity index (χ3v) is 6.45. The third kappa shape index (κ3) is 4.61. The van der Waals surface area contributed by atoms with Crippen LogP contribution in [0.1, 0.15) is 44.2 Å². The van der Waals surface area contributed by atoms with Crippen molar-refractivity contribution in [1.82, 2.24) is 14.8 Å². The fraction of sp³-hybridized carbons (Fsp3) is 0.500. The molecule has 1 atom stereocenters. The largest absolute Gasteiger partial charge is 0.497 e. The van der Waals surface area contributed by atoms with Crippen molar-refractivity contribution < 1.29 is 9.53 Å². The molecule has 2 saturated heterocycles. The molecule has 0 spiro atoms. The van der Waals surface area contributed by atoms with Gasteiger partial charge in [-0.2, -0.15) is 0 Å². The number of hydrogen-bond donors (Lipinski definition) is 0. The summed E-state index contributed by atoms with van der Waals surface area (Å²) >= 11 is 0. The number of aromatic nitrogens is 1. The van der Waals surface area contributed by atoms with E-state index in [1.165, 1.54) is 25.1 Å². The number of benzene rings is 1. The maximum atomic E-state index is 11.6. The van der Waals surface area contributed by atoms with Gasteiger partial charge < -0.3 is 9.64 Å². The van der Waals surface area contributed by atoms with Gasteiger partial charge in [0.1, 0.15) is 5.75 Å². The van der Waals surface area contributed by atoms with Crippen LogP contribution in [0.25, 0.3) is 11.3 Å². The second-order valence-electron chi connectivity index (χ2n) is 8.25. The number of rotatable bonds is 4. The van der Waals surface area contributed by atoms with Gasteiger partial charge in [-0.1, -0.05) is 6.07 Å². The van der Waals surface area contributed by atoms with Crippen molar-refractivity contribution in [3.05, 3.63) is 48.2 Å². The molecule has 3 heterocycles. The SMILES string of the molecule is COc1ccc(-c2cccc([C@@H]3CCCN(C4CCN(C(C)=O)CC4)C3)n2)cc1. The van der Waals surface area contributed by atoms with Crippen molar-refractivity contribution in [2.75, 3.05) is 33.3 Å². The standard InChI is InChI=1S/C24H31N3O2/c1-18(28)26-15-12-21(13-16-26)27-14-4-5-20(17-27)24-7-3-6-23(25-24)19-8-10-22(29-2)11-9-19/h3,6-11,20-21H,4-5,12-17H2,1-2H3/t20-/m1/s1. The average Bonchev–Trinajstić information content (AvgIpc) is 2.79. The van der Waals surface area contributed by atoms with Crippen molar-refractivity contribution in [1.29, 1.82) is 0 Å². The van der Waals surface area contributed by atoms with Gasteiger partial charge in [-0.05, 0) is 68.6 Å². The predicted octanol–water partition coefficient (Wildman–Crippen LogP) is 3.95. The molecule has 4 rings (SSSR count). The Kier molecular flexibility index (Phi) is 6.14. The van der Waals surface area contributed by atoms with Crippen LogP contribution in [-0.2, 0) is 4.79 Å². The van der Waals surface area contributed by atoms with Gasteiger partial charge in [-0.15, -0.1) is 0 Å². The zero-order valence-electron chi connectivity index (χ0n) is 17.5. The zero-order valence-corrected chi connectivity index (χ0v) is 17.5. The van der Waals surface area contributed by atoms with Crippen LogP contribution >= 0.6 is 0 Å². The first-order valence-corrected chi connectivity index (χ1v) is 10.7. The Balaban J connectivity index is 1.44. The van der Waals surface area contributed by atoms with Crippen molar-refractivity contribution >= 4 is 5.91 Å². The highest BCUT2D eigenvalue weighted by Crippen LogP contribution is 2.31. The van der Waals surface area contributed by atoms with E-state index in [0.29, 0.717) is 12.0 Å². The summed E-state index contributed by atoms with van der Waals surface area (Å²) in [6, 6.07) is 15.1. The van der Waals surface area contributed by atoms with Gasteiger partial charge in [-0.25, -0.2) is 0 Å². The molecule has 0 unspecified atom stereocenters. The van der Waals surface area contributed by atoms with E-state index in [1.54, 1.807) is 14.0 Å². The Bertz CT molecular complexity index is 828. The van der Waals surface area contributed by atoms with Gasteiger partial charge in [0.05, 0.1) is 12.8 Å². The molecule has 5 nitrogen and oxygen atoms in total. The van der Waals surface area contributed by atoms with Crippen molar-refractivity contribution in [3.63, 3.8) is 0 Å². The molecule has 0 aliphatic carbocycles. The number of ether oxygens (including phenoxy) is 1. The van der Waals surface area contributed by atoms with Crippen LogP contribution in [0.5, 0.6) is 5.75 Å². The second-order valence-corrected chi connectivity index (χ2v) is 8.25. The summed E-state index contributed by atoms with van der Waals surface area (Å²) in [5.41, 5.74) is 3.35. The lowest BCUT2D eigenvalue weighted by atomic mass is 9.91. The van der Waals surface area contributed by atoms with Gasteiger partial charge >= 0.3 is 0 Å². The van der Waals surface area contributed by atoms with Crippen LogP contribution in [0, 0.1) is 0 Å². The van der Waals surface area contributed by atoms with E-state index < -0.39 is 0 Å². The third-order valence-electron chi connectivity index (χ3n) is 6.45. The molecule has 0 saturated carbocycles. The molecule has 154 valence electrons. The van der Waals surface area contributed by atoms with Crippen LogP contribution in [0.2, 0.25) is 0 Å². The Labute approximate surface area is 173 Å².